The summed E-state index contributed by atoms with van der Waals surface area (Å²) in [7, 11) is 0. The maximum Gasteiger partial charge on any atom is 0.143 e. The molecule has 0 aromatic heterocycles. The minimum atomic E-state index is -0.0591. The van der Waals surface area contributed by atoms with Gasteiger partial charge in [-0.05, 0) is 30.5 Å². The van der Waals surface area contributed by atoms with Gasteiger partial charge in [0.1, 0.15) is 5.78 Å². The fourth-order valence-electron chi connectivity index (χ4n) is 1.52. The number of carbonyl (C=O) groups is 1. The molecular weight excluding hydrogens is 275 g/mol. The summed E-state index contributed by atoms with van der Waals surface area (Å²) in [5.41, 5.74) is 0.870. The van der Waals surface area contributed by atoms with Crippen molar-refractivity contribution in [3.05, 3.63) is 33.3 Å². The average Bonchev–Trinajstić information content (AvgIpc) is 2.90. The van der Waals surface area contributed by atoms with Gasteiger partial charge in [0, 0.05) is 21.3 Å². The fourth-order valence-corrected chi connectivity index (χ4v) is 2.26. The van der Waals surface area contributed by atoms with Gasteiger partial charge in [0.15, 0.2) is 0 Å². The molecule has 0 unspecified atom stereocenters. The Bertz CT molecular complexity index is 410. The van der Waals surface area contributed by atoms with Crippen molar-refractivity contribution < 1.29 is 4.79 Å². The molecule has 15 heavy (non-hydrogen) atoms. The van der Waals surface area contributed by atoms with Gasteiger partial charge in [-0.25, -0.2) is 0 Å². The quantitative estimate of drug-likeness (QED) is 0.821. The first-order chi connectivity index (χ1) is 7.01. The molecule has 1 saturated carbocycles. The van der Waals surface area contributed by atoms with E-state index in [4.69, 9.17) is 11.6 Å². The van der Waals surface area contributed by atoms with Crippen molar-refractivity contribution in [3.8, 4) is 0 Å². The van der Waals surface area contributed by atoms with Crippen molar-refractivity contribution in [2.24, 2.45) is 5.41 Å². The van der Waals surface area contributed by atoms with E-state index in [9.17, 15) is 4.79 Å². The second-order valence-electron chi connectivity index (χ2n) is 4.40. The van der Waals surface area contributed by atoms with Crippen LogP contribution in [0, 0.1) is 5.41 Å². The van der Waals surface area contributed by atoms with E-state index in [-0.39, 0.29) is 5.41 Å². The smallest absolute Gasteiger partial charge is 0.143 e. The molecule has 0 aliphatic heterocycles. The molecule has 0 amide bonds. The normalized spacial score (nSPS) is 17.5. The zero-order chi connectivity index (χ0) is 11.1. The van der Waals surface area contributed by atoms with E-state index in [1.54, 1.807) is 0 Å². The van der Waals surface area contributed by atoms with Gasteiger partial charge in [0.25, 0.3) is 0 Å². The molecule has 0 spiro atoms. The molecule has 0 radical (unpaired) electrons. The molecule has 3 heteroatoms. The summed E-state index contributed by atoms with van der Waals surface area (Å²) in [5, 5.41) is 0.668. The Labute approximate surface area is 103 Å². The van der Waals surface area contributed by atoms with Crippen molar-refractivity contribution in [1.82, 2.24) is 0 Å². The second-order valence-corrected chi connectivity index (χ2v) is 5.72. The SMILES string of the molecule is CC1(C(=O)Cc2ccc(Br)cc2Cl)CC1. The number of benzene rings is 1. The highest BCUT2D eigenvalue weighted by molar-refractivity contribution is 9.10. The Hall–Kier alpha value is -0.340. The molecule has 1 nitrogen and oxygen atoms in total. The van der Waals surface area contributed by atoms with E-state index >= 15 is 0 Å². The van der Waals surface area contributed by atoms with Gasteiger partial charge in [-0.3, -0.25) is 4.79 Å². The van der Waals surface area contributed by atoms with Crippen LogP contribution in [0.1, 0.15) is 25.3 Å². The van der Waals surface area contributed by atoms with E-state index in [1.165, 1.54) is 0 Å². The Morgan fingerprint density at radius 1 is 1.53 bits per heavy atom. The van der Waals surface area contributed by atoms with Crippen LogP contribution in [-0.2, 0) is 11.2 Å². The summed E-state index contributed by atoms with van der Waals surface area (Å²) in [6, 6.07) is 5.67. The lowest BCUT2D eigenvalue weighted by atomic mass is 9.97. The lowest BCUT2D eigenvalue weighted by Gasteiger charge is -2.08. The molecule has 1 aromatic rings. The molecule has 1 aromatic carbocycles. The number of rotatable bonds is 3. The molecule has 0 N–H and O–H groups in total. The number of ketones is 1. The summed E-state index contributed by atoms with van der Waals surface area (Å²) < 4.78 is 0.946. The molecule has 80 valence electrons. The van der Waals surface area contributed by atoms with Crippen LogP contribution in [0.3, 0.4) is 0 Å². The van der Waals surface area contributed by atoms with Crippen LogP contribution in [0.25, 0.3) is 0 Å². The Morgan fingerprint density at radius 3 is 2.73 bits per heavy atom. The highest BCUT2D eigenvalue weighted by Crippen LogP contribution is 2.46. The maximum atomic E-state index is 11.9. The third-order valence-corrected chi connectivity index (χ3v) is 3.88. The number of halogens is 2. The van der Waals surface area contributed by atoms with Crippen LogP contribution >= 0.6 is 27.5 Å². The third kappa shape index (κ3) is 2.43. The van der Waals surface area contributed by atoms with Gasteiger partial charge in [0.05, 0.1) is 0 Å². The molecule has 1 aliphatic rings. The van der Waals surface area contributed by atoms with Crippen molar-refractivity contribution in [2.75, 3.05) is 0 Å². The number of carbonyl (C=O) groups excluding carboxylic acids is 1. The molecule has 1 aliphatic carbocycles. The van der Waals surface area contributed by atoms with Crippen LogP contribution in [0.5, 0.6) is 0 Å². The van der Waals surface area contributed by atoms with E-state index in [2.05, 4.69) is 15.9 Å². The van der Waals surface area contributed by atoms with E-state index in [0.717, 1.165) is 22.9 Å². The third-order valence-electron chi connectivity index (χ3n) is 3.04. The summed E-state index contributed by atoms with van der Waals surface area (Å²) >= 11 is 9.41. The fraction of sp³-hybridized carbons (Fsp3) is 0.417. The summed E-state index contributed by atoms with van der Waals surface area (Å²) in [6.45, 7) is 2.03. The molecule has 2 rings (SSSR count). The summed E-state index contributed by atoms with van der Waals surface area (Å²) in [6.07, 6.45) is 2.52. The Kier molecular flexibility index (Phi) is 2.91. The van der Waals surface area contributed by atoms with Gasteiger partial charge >= 0.3 is 0 Å². The number of Topliss-reactive ketones (excluding diaryl/α,β-unsaturated/α-hetero) is 1. The molecule has 1 fully saturated rings. The zero-order valence-corrected chi connectivity index (χ0v) is 10.9. The minimum Gasteiger partial charge on any atom is -0.299 e. The predicted molar refractivity (Wildman–Crippen MR) is 65.2 cm³/mol. The van der Waals surface area contributed by atoms with Crippen LogP contribution in [0.4, 0.5) is 0 Å². The first-order valence-corrected chi connectivity index (χ1v) is 6.16. The Morgan fingerprint density at radius 2 is 2.20 bits per heavy atom. The predicted octanol–water partition coefficient (Wildman–Crippen LogP) is 4.01. The van der Waals surface area contributed by atoms with Crippen molar-refractivity contribution >= 4 is 33.3 Å². The molecule has 0 atom stereocenters. The van der Waals surface area contributed by atoms with Gasteiger partial charge in [0.2, 0.25) is 0 Å². The van der Waals surface area contributed by atoms with Crippen LogP contribution in [0.15, 0.2) is 22.7 Å². The number of hydrogen-bond acceptors (Lipinski definition) is 1. The molecule has 0 saturated heterocycles. The van der Waals surface area contributed by atoms with Crippen LogP contribution in [0.2, 0.25) is 5.02 Å². The van der Waals surface area contributed by atoms with Gasteiger partial charge in [-0.2, -0.15) is 0 Å². The lowest BCUT2D eigenvalue weighted by molar-refractivity contribution is -0.122. The lowest BCUT2D eigenvalue weighted by Crippen LogP contribution is -2.14. The zero-order valence-electron chi connectivity index (χ0n) is 8.52. The van der Waals surface area contributed by atoms with Crippen molar-refractivity contribution in [1.29, 1.82) is 0 Å². The van der Waals surface area contributed by atoms with Crippen LogP contribution < -0.4 is 0 Å². The van der Waals surface area contributed by atoms with Crippen LogP contribution in [-0.4, -0.2) is 5.78 Å². The monoisotopic (exact) mass is 286 g/mol. The topological polar surface area (TPSA) is 17.1 Å². The van der Waals surface area contributed by atoms with E-state index < -0.39 is 0 Å². The maximum absolute atomic E-state index is 11.9. The average molecular weight is 288 g/mol. The molecular formula is C12H12BrClO. The highest BCUT2D eigenvalue weighted by Gasteiger charge is 2.44. The first kappa shape index (κ1) is 11.2. The largest absolute Gasteiger partial charge is 0.299 e. The minimum absolute atomic E-state index is 0.0591. The summed E-state index contributed by atoms with van der Waals surface area (Å²) in [5.74, 6) is 0.312. The van der Waals surface area contributed by atoms with Crippen molar-refractivity contribution in [3.63, 3.8) is 0 Å². The van der Waals surface area contributed by atoms with Gasteiger partial charge in [-0.1, -0.05) is 40.5 Å². The molecule has 0 bridgehead atoms. The van der Waals surface area contributed by atoms with Gasteiger partial charge < -0.3 is 0 Å². The van der Waals surface area contributed by atoms with E-state index in [1.807, 2.05) is 25.1 Å². The van der Waals surface area contributed by atoms with Gasteiger partial charge in [-0.15, -0.1) is 0 Å². The highest BCUT2D eigenvalue weighted by atomic mass is 79.9. The standard InChI is InChI=1S/C12H12BrClO/c1-12(4-5-12)11(15)6-8-2-3-9(13)7-10(8)14/h2-3,7H,4-6H2,1H3. The van der Waals surface area contributed by atoms with Crippen molar-refractivity contribution in [2.45, 2.75) is 26.2 Å². The molecule has 0 heterocycles. The summed E-state index contributed by atoms with van der Waals surface area (Å²) in [4.78, 5) is 11.9. The second kappa shape index (κ2) is 3.91. The Balaban J connectivity index is 2.14. The van der Waals surface area contributed by atoms with E-state index in [0.29, 0.717) is 17.2 Å². The number of hydrogen-bond donors (Lipinski definition) is 0. The first-order valence-electron chi connectivity index (χ1n) is 4.98.